The van der Waals surface area contributed by atoms with Gasteiger partial charge in [-0.25, -0.2) is 0 Å². The van der Waals surface area contributed by atoms with Crippen LogP contribution in [0.3, 0.4) is 0 Å². The quantitative estimate of drug-likeness (QED) is 0.141. The first-order chi connectivity index (χ1) is 12.8. The highest BCUT2D eigenvalue weighted by molar-refractivity contribution is 5.06. The topological polar surface area (TPSA) is 0 Å². The van der Waals surface area contributed by atoms with Crippen molar-refractivity contribution < 1.29 is 0 Å². The first-order valence-electron chi connectivity index (χ1n) is 11.5. The van der Waals surface area contributed by atoms with Gasteiger partial charge >= 0.3 is 0 Å². The molecule has 26 heavy (non-hydrogen) atoms. The molecule has 0 aromatic heterocycles. The Hall–Kier alpha value is -0.780. The van der Waals surface area contributed by atoms with Crippen LogP contribution >= 0.6 is 0 Å². The van der Waals surface area contributed by atoms with Crippen LogP contribution < -0.4 is 0 Å². The Morgan fingerprint density at radius 1 is 0.615 bits per heavy atom. The Morgan fingerprint density at radius 2 is 1.04 bits per heavy atom. The minimum atomic E-state index is 0.677. The molecule has 0 nitrogen and oxygen atoms in total. The maximum atomic E-state index is 3.95. The summed E-state index contributed by atoms with van der Waals surface area (Å²) in [6, 6.07) is 0. The van der Waals surface area contributed by atoms with Gasteiger partial charge in [0.2, 0.25) is 0 Å². The van der Waals surface area contributed by atoms with Gasteiger partial charge in [-0.1, -0.05) is 109 Å². The van der Waals surface area contributed by atoms with E-state index in [1.807, 2.05) is 12.2 Å². The second kappa shape index (κ2) is 20.5. The summed E-state index contributed by atoms with van der Waals surface area (Å²) in [4.78, 5) is 0. The van der Waals surface area contributed by atoms with Crippen LogP contribution in [0.1, 0.15) is 116 Å². The molecular formula is C26H47. The summed E-state index contributed by atoms with van der Waals surface area (Å²) in [7, 11) is 0. The highest BCUT2D eigenvalue weighted by Gasteiger charge is 2.18. The van der Waals surface area contributed by atoms with E-state index in [2.05, 4.69) is 32.7 Å². The van der Waals surface area contributed by atoms with E-state index in [4.69, 9.17) is 0 Å². The molecule has 0 aliphatic carbocycles. The van der Waals surface area contributed by atoms with Crippen molar-refractivity contribution in [2.24, 2.45) is 5.92 Å². The molecule has 1 unspecified atom stereocenters. The summed E-state index contributed by atoms with van der Waals surface area (Å²) in [5.41, 5.74) is 0. The van der Waals surface area contributed by atoms with Crippen molar-refractivity contribution in [1.82, 2.24) is 0 Å². The van der Waals surface area contributed by atoms with E-state index in [-0.39, 0.29) is 0 Å². The summed E-state index contributed by atoms with van der Waals surface area (Å²) in [5.74, 6) is 2.27. The third-order valence-electron chi connectivity index (χ3n) is 5.50. The van der Waals surface area contributed by atoms with E-state index in [9.17, 15) is 0 Å². The lowest BCUT2D eigenvalue weighted by Crippen LogP contribution is -2.11. The number of hydrogen-bond acceptors (Lipinski definition) is 0. The normalized spacial score (nSPS) is 12.2. The van der Waals surface area contributed by atoms with Crippen LogP contribution in [-0.2, 0) is 0 Å². The lowest BCUT2D eigenvalue weighted by molar-refractivity contribution is 0.448. The zero-order valence-corrected chi connectivity index (χ0v) is 18.0. The molecule has 151 valence electrons. The van der Waals surface area contributed by atoms with Crippen LogP contribution in [-0.4, -0.2) is 0 Å². The molecule has 0 heteroatoms. The van der Waals surface area contributed by atoms with E-state index in [1.54, 1.807) is 5.92 Å². The Balaban J connectivity index is 3.61. The number of rotatable bonds is 21. The minimum Gasteiger partial charge on any atom is -0.103 e. The van der Waals surface area contributed by atoms with E-state index in [0.717, 1.165) is 19.3 Å². The first-order valence-corrected chi connectivity index (χ1v) is 11.5. The van der Waals surface area contributed by atoms with Gasteiger partial charge in [0.05, 0.1) is 0 Å². The number of allylic oxidation sites excluding steroid dienone is 3. The van der Waals surface area contributed by atoms with Gasteiger partial charge in [0.25, 0.3) is 0 Å². The van der Waals surface area contributed by atoms with Crippen LogP contribution in [0, 0.1) is 11.8 Å². The van der Waals surface area contributed by atoms with Crippen molar-refractivity contribution in [3.63, 3.8) is 0 Å². The van der Waals surface area contributed by atoms with Crippen molar-refractivity contribution in [1.29, 1.82) is 0 Å². The van der Waals surface area contributed by atoms with Crippen LogP contribution in [0.2, 0.25) is 0 Å². The fraction of sp³-hybridized carbons (Fsp3) is 0.731. The van der Waals surface area contributed by atoms with Gasteiger partial charge in [-0.2, -0.15) is 0 Å². The van der Waals surface area contributed by atoms with Crippen molar-refractivity contribution in [2.75, 3.05) is 0 Å². The molecule has 0 aromatic rings. The lowest BCUT2D eigenvalue weighted by Gasteiger charge is -2.24. The standard InChI is InChI=1S/C26H47/c1-5-9-10-11-12-13-14-15-16-17-18-19-20-24-26(23-8-4)25(21-6-2)22-7-3/h6-8,26H,2-5,9-24H2,1H3. The number of unbranched alkanes of at least 4 members (excludes halogenated alkanes) is 12. The molecule has 0 amide bonds. The fourth-order valence-corrected chi connectivity index (χ4v) is 3.89. The van der Waals surface area contributed by atoms with Gasteiger partial charge in [0.1, 0.15) is 0 Å². The average molecular weight is 360 g/mol. The largest absolute Gasteiger partial charge is 0.103 e. The Morgan fingerprint density at radius 3 is 1.42 bits per heavy atom. The maximum absolute atomic E-state index is 3.95. The van der Waals surface area contributed by atoms with Crippen LogP contribution in [0.25, 0.3) is 0 Å². The molecule has 0 heterocycles. The number of hydrogen-bond donors (Lipinski definition) is 0. The third-order valence-corrected chi connectivity index (χ3v) is 5.50. The Bertz CT molecular complexity index is 304. The predicted octanol–water partition coefficient (Wildman–Crippen LogP) is 9.39. The highest BCUT2D eigenvalue weighted by Crippen LogP contribution is 2.31. The van der Waals surface area contributed by atoms with E-state index >= 15 is 0 Å². The summed E-state index contributed by atoms with van der Waals surface area (Å²) >= 11 is 0. The molecule has 0 bridgehead atoms. The van der Waals surface area contributed by atoms with Gasteiger partial charge < -0.3 is 0 Å². The van der Waals surface area contributed by atoms with Gasteiger partial charge in [0.15, 0.2) is 0 Å². The van der Waals surface area contributed by atoms with Crippen LogP contribution in [0.5, 0.6) is 0 Å². The van der Waals surface area contributed by atoms with Gasteiger partial charge in [-0.05, 0) is 37.5 Å². The summed E-state index contributed by atoms with van der Waals surface area (Å²) in [5, 5.41) is 0. The van der Waals surface area contributed by atoms with Crippen LogP contribution in [0.15, 0.2) is 38.0 Å². The summed E-state index contributed by atoms with van der Waals surface area (Å²) < 4.78 is 0. The SMILES string of the molecule is C=CC[C](CC=C)C(CC=C)CCCCCCCCCCCCCCC. The van der Waals surface area contributed by atoms with Crippen LogP contribution in [0.4, 0.5) is 0 Å². The monoisotopic (exact) mass is 359 g/mol. The first kappa shape index (κ1) is 25.2. The highest BCUT2D eigenvalue weighted by atomic mass is 14.2. The van der Waals surface area contributed by atoms with Gasteiger partial charge in [-0.3, -0.25) is 0 Å². The molecular weight excluding hydrogens is 312 g/mol. The smallest absolute Gasteiger partial charge is 0.0132 e. The van der Waals surface area contributed by atoms with E-state index in [0.29, 0.717) is 5.92 Å². The Labute approximate surface area is 166 Å². The fourth-order valence-electron chi connectivity index (χ4n) is 3.89. The molecule has 0 aromatic carbocycles. The van der Waals surface area contributed by atoms with E-state index in [1.165, 1.54) is 89.9 Å². The zero-order valence-electron chi connectivity index (χ0n) is 18.0. The second-order valence-electron chi connectivity index (χ2n) is 7.90. The molecule has 0 saturated carbocycles. The minimum absolute atomic E-state index is 0.677. The summed E-state index contributed by atoms with van der Waals surface area (Å²) in [6.07, 6.45) is 29.2. The van der Waals surface area contributed by atoms with Gasteiger partial charge in [-0.15, -0.1) is 19.7 Å². The lowest BCUT2D eigenvalue weighted by atomic mass is 9.81. The molecule has 0 saturated heterocycles. The Kier molecular flexibility index (Phi) is 19.9. The third kappa shape index (κ3) is 15.5. The molecule has 0 aliphatic rings. The van der Waals surface area contributed by atoms with Crippen molar-refractivity contribution >= 4 is 0 Å². The molecule has 1 radical (unpaired) electrons. The molecule has 0 aliphatic heterocycles. The maximum Gasteiger partial charge on any atom is -0.0132 e. The molecule has 0 N–H and O–H groups in total. The zero-order chi connectivity index (χ0) is 19.3. The molecule has 0 spiro atoms. The van der Waals surface area contributed by atoms with Gasteiger partial charge in [0, 0.05) is 0 Å². The molecule has 0 rings (SSSR count). The van der Waals surface area contributed by atoms with Crippen molar-refractivity contribution in [3.8, 4) is 0 Å². The second-order valence-corrected chi connectivity index (χ2v) is 7.90. The average Bonchev–Trinajstić information content (AvgIpc) is 2.64. The molecule has 1 atom stereocenters. The van der Waals surface area contributed by atoms with Crippen molar-refractivity contribution in [2.45, 2.75) is 116 Å². The van der Waals surface area contributed by atoms with Crippen molar-refractivity contribution in [3.05, 3.63) is 43.9 Å². The molecule has 0 fully saturated rings. The van der Waals surface area contributed by atoms with E-state index < -0.39 is 0 Å². The summed E-state index contributed by atoms with van der Waals surface area (Å²) in [6.45, 7) is 14.1. The predicted molar refractivity (Wildman–Crippen MR) is 121 cm³/mol.